The van der Waals surface area contributed by atoms with Crippen LogP contribution in [0.4, 0.5) is 10.8 Å². The van der Waals surface area contributed by atoms with E-state index in [1.165, 1.54) is 16.2 Å². The molecule has 4 aliphatic rings. The Kier molecular flexibility index (Phi) is 5.15. The quantitative estimate of drug-likeness (QED) is 0.141. The van der Waals surface area contributed by atoms with E-state index in [2.05, 4.69) is 50.6 Å². The summed E-state index contributed by atoms with van der Waals surface area (Å²) in [4.78, 5) is 34.6. The Morgan fingerprint density at radius 1 is 0.850 bits per heavy atom. The number of carbonyl (C=O) groups excluding carboxylic acids is 2. The number of hydrazone groups is 1. The molecule has 1 aromatic heterocycles. The molecule has 2 bridgehead atoms. The van der Waals surface area contributed by atoms with Gasteiger partial charge >= 0.3 is 0 Å². The monoisotopic (exact) mass is 604 g/mol. The molecule has 0 spiro atoms. The Bertz CT molecular complexity index is 1800. The number of thiazole rings is 1. The van der Waals surface area contributed by atoms with Gasteiger partial charge in [-0.3, -0.25) is 15.0 Å². The summed E-state index contributed by atoms with van der Waals surface area (Å²) in [5.41, 5.74) is 7.89. The highest BCUT2D eigenvalue weighted by Gasteiger charge is 2.68. The maximum atomic E-state index is 14.4. The standard InChI is InChI=1S/C32H21BrN4O2S/c33-18-13-15-19(16-14-18)37-29(38)27-26-20-7-1-3-9-22(20)32(28(27)30(37)39,23-10-4-2-8-21(23)26)17-34-36-31-35-24-11-5-6-12-25(24)40-31/h1-17,26-28H,(H,35,36)/b34-17-/t26?,27-,28-,32?/m0/s1. The molecule has 2 atom stereocenters. The van der Waals surface area contributed by atoms with Crippen molar-refractivity contribution in [1.82, 2.24) is 4.98 Å². The number of amides is 2. The van der Waals surface area contributed by atoms with Crippen LogP contribution in [0.1, 0.15) is 28.2 Å². The van der Waals surface area contributed by atoms with Crippen LogP contribution < -0.4 is 10.3 Å². The number of hydrogen-bond acceptors (Lipinski definition) is 6. The molecular weight excluding hydrogens is 584 g/mol. The highest BCUT2D eigenvalue weighted by Crippen LogP contribution is 2.63. The Morgan fingerprint density at radius 3 is 2.20 bits per heavy atom. The lowest BCUT2D eigenvalue weighted by Gasteiger charge is -2.52. The first-order chi connectivity index (χ1) is 19.6. The molecule has 8 heteroatoms. The van der Waals surface area contributed by atoms with Crippen molar-refractivity contribution in [2.24, 2.45) is 16.9 Å². The minimum Gasteiger partial charge on any atom is -0.274 e. The molecule has 0 saturated carbocycles. The molecule has 2 heterocycles. The van der Waals surface area contributed by atoms with Gasteiger partial charge in [0.25, 0.3) is 0 Å². The molecular formula is C32H21BrN4O2S. The average molecular weight is 606 g/mol. The zero-order chi connectivity index (χ0) is 27.0. The van der Waals surface area contributed by atoms with Crippen LogP contribution in [0, 0.1) is 11.8 Å². The molecule has 194 valence electrons. The number of imide groups is 1. The Morgan fingerprint density at radius 2 is 1.50 bits per heavy atom. The van der Waals surface area contributed by atoms with E-state index >= 15 is 0 Å². The maximum Gasteiger partial charge on any atom is 0.239 e. The SMILES string of the molecule is O=C1[C@@H]2[C@@H](C(=O)N1c1ccc(Br)cc1)C1c3ccccc3C2(/C=N\Nc2nc3ccccc3s2)c2ccccc21. The van der Waals surface area contributed by atoms with Crippen LogP contribution in [-0.2, 0) is 15.0 Å². The fraction of sp³-hybridized carbons (Fsp3) is 0.125. The highest BCUT2D eigenvalue weighted by molar-refractivity contribution is 9.10. The third-order valence-corrected chi connectivity index (χ3v) is 9.96. The summed E-state index contributed by atoms with van der Waals surface area (Å²) in [5.74, 6) is -1.72. The first-order valence-corrected chi connectivity index (χ1v) is 14.7. The number of anilines is 2. The van der Waals surface area contributed by atoms with E-state index in [-0.39, 0.29) is 17.7 Å². The van der Waals surface area contributed by atoms with Crippen molar-refractivity contribution < 1.29 is 9.59 Å². The van der Waals surface area contributed by atoms with Crippen LogP contribution in [0.5, 0.6) is 0 Å². The smallest absolute Gasteiger partial charge is 0.239 e. The van der Waals surface area contributed by atoms with Gasteiger partial charge in [-0.2, -0.15) is 5.10 Å². The van der Waals surface area contributed by atoms with Crippen LogP contribution in [0.3, 0.4) is 0 Å². The predicted octanol–water partition coefficient (Wildman–Crippen LogP) is 6.71. The molecule has 0 unspecified atom stereocenters. The van der Waals surface area contributed by atoms with Crippen LogP contribution in [0.2, 0.25) is 0 Å². The van der Waals surface area contributed by atoms with Gasteiger partial charge < -0.3 is 0 Å². The molecule has 1 aliphatic heterocycles. The Balaban J connectivity index is 1.32. The molecule has 0 radical (unpaired) electrons. The van der Waals surface area contributed by atoms with Gasteiger partial charge in [0.2, 0.25) is 16.9 Å². The number of aromatic nitrogens is 1. The molecule has 1 fully saturated rings. The van der Waals surface area contributed by atoms with Crippen molar-refractivity contribution in [2.45, 2.75) is 11.3 Å². The lowest BCUT2D eigenvalue weighted by Crippen LogP contribution is -2.54. The second-order valence-corrected chi connectivity index (χ2v) is 12.3. The number of rotatable bonds is 4. The van der Waals surface area contributed by atoms with Crippen LogP contribution >= 0.6 is 27.3 Å². The zero-order valence-corrected chi connectivity index (χ0v) is 23.4. The second kappa shape index (κ2) is 8.68. The van der Waals surface area contributed by atoms with Crippen molar-refractivity contribution in [3.8, 4) is 0 Å². The zero-order valence-electron chi connectivity index (χ0n) is 21.0. The van der Waals surface area contributed by atoms with Crippen molar-refractivity contribution in [1.29, 1.82) is 0 Å². The van der Waals surface area contributed by atoms with Crippen molar-refractivity contribution in [2.75, 3.05) is 10.3 Å². The lowest BCUT2D eigenvalue weighted by atomic mass is 9.47. The number of nitrogens with zero attached hydrogens (tertiary/aromatic N) is 3. The van der Waals surface area contributed by atoms with Gasteiger partial charge in [0.15, 0.2) is 0 Å². The minimum atomic E-state index is -0.923. The summed E-state index contributed by atoms with van der Waals surface area (Å²) in [6, 6.07) is 31.7. The van der Waals surface area contributed by atoms with Crippen molar-refractivity contribution >= 4 is 66.3 Å². The van der Waals surface area contributed by atoms with E-state index in [1.807, 2.05) is 79.0 Å². The van der Waals surface area contributed by atoms with Gasteiger partial charge in [0, 0.05) is 16.6 Å². The summed E-state index contributed by atoms with van der Waals surface area (Å²) < 4.78 is 1.95. The fourth-order valence-electron chi connectivity index (χ4n) is 7.00. The number of hydrogen-bond donors (Lipinski definition) is 1. The van der Waals surface area contributed by atoms with Crippen LogP contribution in [0.15, 0.2) is 107 Å². The summed E-state index contributed by atoms with van der Waals surface area (Å²) in [6.45, 7) is 0. The van der Waals surface area contributed by atoms with Crippen molar-refractivity contribution in [3.63, 3.8) is 0 Å². The van der Waals surface area contributed by atoms with Crippen LogP contribution in [0.25, 0.3) is 10.2 Å². The first-order valence-electron chi connectivity index (χ1n) is 13.1. The molecule has 5 aromatic rings. The molecule has 9 rings (SSSR count). The van der Waals surface area contributed by atoms with E-state index in [9.17, 15) is 9.59 Å². The number of para-hydroxylation sites is 1. The highest BCUT2D eigenvalue weighted by atomic mass is 79.9. The van der Waals surface area contributed by atoms with Gasteiger partial charge in [-0.05, 0) is 58.7 Å². The Labute approximate surface area is 242 Å². The molecule has 4 aromatic carbocycles. The normalized spacial score (nSPS) is 24.4. The third kappa shape index (κ3) is 3.14. The molecule has 40 heavy (non-hydrogen) atoms. The Hall–Kier alpha value is -4.14. The van der Waals surface area contributed by atoms with Gasteiger partial charge in [0.1, 0.15) is 0 Å². The summed E-state index contributed by atoms with van der Waals surface area (Å²) in [5, 5.41) is 5.41. The predicted molar refractivity (Wildman–Crippen MR) is 161 cm³/mol. The van der Waals surface area contributed by atoms with Crippen LogP contribution in [-0.4, -0.2) is 23.0 Å². The maximum absolute atomic E-state index is 14.4. The molecule has 1 saturated heterocycles. The number of benzene rings is 4. The van der Waals surface area contributed by atoms with E-state index in [4.69, 9.17) is 5.10 Å². The number of fused-ring (bicyclic) bond motifs is 1. The van der Waals surface area contributed by atoms with Gasteiger partial charge in [-0.15, -0.1) is 0 Å². The van der Waals surface area contributed by atoms with Gasteiger partial charge in [-0.1, -0.05) is 87.9 Å². The van der Waals surface area contributed by atoms with E-state index < -0.39 is 17.3 Å². The molecule has 2 amide bonds. The minimum absolute atomic E-state index is 0.164. The summed E-state index contributed by atoms with van der Waals surface area (Å²) in [7, 11) is 0. The lowest BCUT2D eigenvalue weighted by molar-refractivity contribution is -0.122. The van der Waals surface area contributed by atoms with E-state index in [1.54, 1.807) is 0 Å². The fourth-order valence-corrected chi connectivity index (χ4v) is 8.08. The second-order valence-electron chi connectivity index (χ2n) is 10.4. The number of carbonyl (C=O) groups is 2. The topological polar surface area (TPSA) is 74.7 Å². The van der Waals surface area contributed by atoms with E-state index in [0.29, 0.717) is 10.8 Å². The number of halogens is 1. The summed E-state index contributed by atoms with van der Waals surface area (Å²) >= 11 is 4.99. The largest absolute Gasteiger partial charge is 0.274 e. The van der Waals surface area contributed by atoms with Gasteiger partial charge in [0.05, 0.1) is 33.2 Å². The van der Waals surface area contributed by atoms with Crippen molar-refractivity contribution in [3.05, 3.63) is 124 Å². The molecule has 6 nitrogen and oxygen atoms in total. The van der Waals surface area contributed by atoms with Gasteiger partial charge in [-0.25, -0.2) is 9.88 Å². The molecule has 3 aliphatic carbocycles. The van der Waals surface area contributed by atoms with E-state index in [0.717, 1.165) is 36.9 Å². The third-order valence-electron chi connectivity index (χ3n) is 8.49. The molecule has 1 N–H and O–H groups in total. The average Bonchev–Trinajstić information content (AvgIpc) is 3.52. The summed E-state index contributed by atoms with van der Waals surface area (Å²) in [6.07, 6.45) is 1.85. The first kappa shape index (κ1) is 23.7. The number of nitrogens with one attached hydrogen (secondary N) is 1.